The number of hydrogen-bond acceptors (Lipinski definition) is 9. The highest BCUT2D eigenvalue weighted by Crippen LogP contribution is 2.37. The summed E-state index contributed by atoms with van der Waals surface area (Å²) in [6.45, 7) is 2.96. The lowest BCUT2D eigenvalue weighted by Crippen LogP contribution is -2.54. The molecule has 4 aromatic rings. The first-order chi connectivity index (χ1) is 26.6. The molecule has 3 aliphatic rings. The number of rotatable bonds is 11. The Bertz CT molecular complexity index is 1990. The number of aromatic nitrogens is 4. The number of methoxy groups -OCH3 is 2. The highest BCUT2D eigenvalue weighted by molar-refractivity contribution is 5.87. The SMILES string of the molecule is COC(=O)NC(C(=O)N1CCCC1c1ncc(-c2ccc(-c3ccc(-c4cnc([C@@H]5CCCN5C(=O)[C@H]5CC[C@@H](OC(N)=O)C5)[nH]4)cc3)cc2)[nH]1)C(C)OC. The van der Waals surface area contributed by atoms with Gasteiger partial charge in [-0.2, -0.15) is 0 Å². The second kappa shape index (κ2) is 16.3. The van der Waals surface area contributed by atoms with Gasteiger partial charge in [0.2, 0.25) is 11.8 Å². The van der Waals surface area contributed by atoms with E-state index in [0.717, 1.165) is 65.1 Å². The number of nitrogens with one attached hydrogen (secondary N) is 3. The predicted octanol–water partition coefficient (Wildman–Crippen LogP) is 5.48. The zero-order valence-corrected chi connectivity index (χ0v) is 31.3. The van der Waals surface area contributed by atoms with Gasteiger partial charge in [0.25, 0.3) is 0 Å². The topological polar surface area (TPSA) is 198 Å². The number of carbonyl (C=O) groups excluding carboxylic acids is 4. The van der Waals surface area contributed by atoms with E-state index in [-0.39, 0.29) is 35.9 Å². The highest BCUT2D eigenvalue weighted by atomic mass is 16.6. The van der Waals surface area contributed by atoms with Crippen molar-refractivity contribution in [2.45, 2.75) is 82.2 Å². The van der Waals surface area contributed by atoms with Crippen molar-refractivity contribution < 1.29 is 33.4 Å². The number of imidazole rings is 2. The maximum atomic E-state index is 13.6. The minimum atomic E-state index is -0.893. The van der Waals surface area contributed by atoms with E-state index in [9.17, 15) is 19.2 Å². The number of benzene rings is 2. The second-order valence-corrected chi connectivity index (χ2v) is 14.5. The van der Waals surface area contributed by atoms with Crippen LogP contribution in [-0.2, 0) is 23.8 Å². The van der Waals surface area contributed by atoms with Gasteiger partial charge in [0.1, 0.15) is 23.8 Å². The summed E-state index contributed by atoms with van der Waals surface area (Å²) in [5.41, 5.74) is 11.0. The molecule has 0 bridgehead atoms. The molecule has 5 N–H and O–H groups in total. The molecule has 290 valence electrons. The maximum Gasteiger partial charge on any atom is 0.407 e. The number of aromatic amines is 2. The fraction of sp³-hybridized carbons (Fsp3) is 0.450. The van der Waals surface area contributed by atoms with E-state index < -0.39 is 24.3 Å². The van der Waals surface area contributed by atoms with Crippen LogP contribution in [0.1, 0.15) is 75.6 Å². The molecule has 3 fully saturated rings. The van der Waals surface area contributed by atoms with E-state index >= 15 is 0 Å². The average molecular weight is 753 g/mol. The number of ether oxygens (including phenoxy) is 3. The third-order valence-corrected chi connectivity index (χ3v) is 11.2. The van der Waals surface area contributed by atoms with Gasteiger partial charge >= 0.3 is 12.2 Å². The van der Waals surface area contributed by atoms with E-state index in [0.29, 0.717) is 38.2 Å². The molecule has 6 atom stereocenters. The summed E-state index contributed by atoms with van der Waals surface area (Å²) in [7, 11) is 2.76. The maximum absolute atomic E-state index is 13.6. The first-order valence-electron chi connectivity index (χ1n) is 18.9. The van der Waals surface area contributed by atoms with Crippen LogP contribution in [0.15, 0.2) is 60.9 Å². The monoisotopic (exact) mass is 752 g/mol. The number of alkyl carbamates (subject to hydrolysis) is 1. The van der Waals surface area contributed by atoms with Crippen molar-refractivity contribution in [3.05, 3.63) is 72.6 Å². The van der Waals surface area contributed by atoms with E-state index in [1.165, 1.54) is 14.2 Å². The zero-order chi connectivity index (χ0) is 38.6. The Morgan fingerprint density at radius 1 is 0.782 bits per heavy atom. The summed E-state index contributed by atoms with van der Waals surface area (Å²) in [6.07, 6.45) is 6.41. The fourth-order valence-electron chi connectivity index (χ4n) is 8.17. The van der Waals surface area contributed by atoms with Crippen molar-refractivity contribution in [2.24, 2.45) is 11.7 Å². The molecular formula is C40H48N8O7. The van der Waals surface area contributed by atoms with Crippen molar-refractivity contribution in [3.8, 4) is 33.6 Å². The van der Waals surface area contributed by atoms with Gasteiger partial charge in [-0.05, 0) is 74.1 Å². The van der Waals surface area contributed by atoms with Gasteiger partial charge in [0, 0.05) is 26.1 Å². The van der Waals surface area contributed by atoms with Gasteiger partial charge < -0.3 is 45.0 Å². The van der Waals surface area contributed by atoms with Gasteiger partial charge in [-0.1, -0.05) is 48.5 Å². The molecular weight excluding hydrogens is 704 g/mol. The number of primary amides is 1. The van der Waals surface area contributed by atoms with E-state index in [4.69, 9.17) is 24.9 Å². The lowest BCUT2D eigenvalue weighted by molar-refractivity contribution is -0.138. The normalized spacial score (nSPS) is 22.0. The number of nitrogens with two attached hydrogens (primary N) is 1. The average Bonchev–Trinajstić information content (AvgIpc) is 4.05. The van der Waals surface area contributed by atoms with Crippen LogP contribution >= 0.6 is 0 Å². The molecule has 0 radical (unpaired) electrons. The minimum absolute atomic E-state index is 0.0873. The molecule has 4 heterocycles. The summed E-state index contributed by atoms with van der Waals surface area (Å²) in [5.74, 6) is 1.13. The number of likely N-dealkylation sites (tertiary alicyclic amines) is 2. The molecule has 2 aromatic heterocycles. The quantitative estimate of drug-likeness (QED) is 0.153. The van der Waals surface area contributed by atoms with Gasteiger partial charge in [-0.3, -0.25) is 9.59 Å². The van der Waals surface area contributed by atoms with Crippen LogP contribution in [0.25, 0.3) is 33.6 Å². The van der Waals surface area contributed by atoms with Gasteiger partial charge in [0.15, 0.2) is 0 Å². The van der Waals surface area contributed by atoms with Crippen molar-refractivity contribution in [1.29, 1.82) is 0 Å². The Balaban J connectivity index is 0.983. The van der Waals surface area contributed by atoms with Crippen LogP contribution in [0, 0.1) is 5.92 Å². The van der Waals surface area contributed by atoms with Crippen molar-refractivity contribution in [1.82, 2.24) is 35.1 Å². The number of hydrogen-bond donors (Lipinski definition) is 4. The summed E-state index contributed by atoms with van der Waals surface area (Å²) < 4.78 is 15.3. The number of nitrogens with zero attached hydrogens (tertiary/aromatic N) is 4. The molecule has 7 rings (SSSR count). The molecule has 1 aliphatic carbocycles. The van der Waals surface area contributed by atoms with Crippen LogP contribution in [0.4, 0.5) is 9.59 Å². The van der Waals surface area contributed by atoms with Crippen molar-refractivity contribution in [2.75, 3.05) is 27.3 Å². The highest BCUT2D eigenvalue weighted by Gasteiger charge is 2.40. The standard InChI is InChI=1S/C40H48N8O7/c1-23(53-2)34(46-40(52)54-3)38(50)48-19-5-7-33(48)36-43-22-31(45-36)27-14-10-25(11-15-27)24-8-12-26(13-9-24)30-21-42-35(44-30)32-6-4-18-47(32)37(49)28-16-17-29(20-28)55-39(41)51/h8-15,21-23,28-29,32-34H,4-7,16-20H2,1-3H3,(H2,41,51)(H,42,44)(H,43,45)(H,46,52)/t23?,28-,29+,32-,33?,34?/m0/s1. The van der Waals surface area contributed by atoms with E-state index in [1.807, 2.05) is 23.2 Å². The first-order valence-corrected chi connectivity index (χ1v) is 18.9. The Morgan fingerprint density at radius 3 is 1.84 bits per heavy atom. The Labute approximate surface area is 319 Å². The first kappa shape index (κ1) is 37.6. The Morgan fingerprint density at radius 2 is 1.31 bits per heavy atom. The molecule has 2 saturated heterocycles. The molecule has 55 heavy (non-hydrogen) atoms. The summed E-state index contributed by atoms with van der Waals surface area (Å²) >= 11 is 0. The van der Waals surface area contributed by atoms with Gasteiger partial charge in [0.05, 0.1) is 49.1 Å². The van der Waals surface area contributed by atoms with Gasteiger partial charge in [-0.25, -0.2) is 19.6 Å². The third kappa shape index (κ3) is 8.07. The molecule has 3 unspecified atom stereocenters. The molecule has 1 saturated carbocycles. The van der Waals surface area contributed by atoms with E-state index in [2.05, 4.69) is 56.7 Å². The predicted molar refractivity (Wildman–Crippen MR) is 202 cm³/mol. The minimum Gasteiger partial charge on any atom is -0.453 e. The molecule has 15 heteroatoms. The third-order valence-electron chi connectivity index (χ3n) is 11.2. The number of carbonyl (C=O) groups is 4. The van der Waals surface area contributed by atoms with Gasteiger partial charge in [-0.15, -0.1) is 0 Å². The van der Waals surface area contributed by atoms with Crippen LogP contribution in [0.5, 0.6) is 0 Å². The summed E-state index contributed by atoms with van der Waals surface area (Å²) in [5, 5.41) is 2.62. The molecule has 2 aromatic carbocycles. The number of amides is 4. The van der Waals surface area contributed by atoms with Crippen molar-refractivity contribution in [3.63, 3.8) is 0 Å². The second-order valence-electron chi connectivity index (χ2n) is 14.5. The molecule has 4 amide bonds. The molecule has 15 nitrogen and oxygen atoms in total. The number of H-pyrrole nitrogens is 2. The van der Waals surface area contributed by atoms with E-state index in [1.54, 1.807) is 18.0 Å². The fourth-order valence-corrected chi connectivity index (χ4v) is 8.17. The molecule has 0 spiro atoms. The van der Waals surface area contributed by atoms with Crippen molar-refractivity contribution >= 4 is 24.0 Å². The van der Waals surface area contributed by atoms with Crippen LogP contribution in [-0.4, -0.2) is 99.3 Å². The summed E-state index contributed by atoms with van der Waals surface area (Å²) in [4.78, 5) is 70.1. The Kier molecular flexibility index (Phi) is 11.2. The zero-order valence-electron chi connectivity index (χ0n) is 31.3. The lowest BCUT2D eigenvalue weighted by atomic mass is 10.0. The van der Waals surface area contributed by atoms with Crippen LogP contribution < -0.4 is 11.1 Å². The molecule has 2 aliphatic heterocycles. The van der Waals surface area contributed by atoms with Crippen LogP contribution in [0.2, 0.25) is 0 Å². The van der Waals surface area contributed by atoms with Crippen LogP contribution in [0.3, 0.4) is 0 Å². The summed E-state index contributed by atoms with van der Waals surface area (Å²) in [6, 6.07) is 15.2. The Hall–Kier alpha value is -5.70. The smallest absolute Gasteiger partial charge is 0.407 e. The largest absolute Gasteiger partial charge is 0.453 e. The lowest BCUT2D eigenvalue weighted by Gasteiger charge is -2.30.